The van der Waals surface area contributed by atoms with Gasteiger partial charge in [0.05, 0.1) is 12.6 Å². The molecule has 1 aromatic rings. The summed E-state index contributed by atoms with van der Waals surface area (Å²) in [4.78, 5) is 14.1. The fraction of sp³-hybridized carbons (Fsp3) is 0.588. The van der Waals surface area contributed by atoms with Gasteiger partial charge in [0.25, 0.3) is 0 Å². The minimum absolute atomic E-state index is 0.0291. The van der Waals surface area contributed by atoms with Gasteiger partial charge < -0.3 is 10.4 Å². The number of aliphatic hydroxyl groups is 1. The van der Waals surface area contributed by atoms with E-state index in [-0.39, 0.29) is 18.1 Å². The molecule has 0 aromatic heterocycles. The Morgan fingerprint density at radius 3 is 2.67 bits per heavy atom. The maximum Gasteiger partial charge on any atom is 0.238 e. The van der Waals surface area contributed by atoms with Crippen LogP contribution < -0.4 is 5.32 Å². The molecule has 1 amide bonds. The summed E-state index contributed by atoms with van der Waals surface area (Å²) >= 11 is 0. The van der Waals surface area contributed by atoms with Gasteiger partial charge in [0.15, 0.2) is 0 Å². The zero-order chi connectivity index (χ0) is 15.4. The van der Waals surface area contributed by atoms with Crippen LogP contribution in [0.15, 0.2) is 18.2 Å². The molecule has 0 saturated heterocycles. The minimum Gasteiger partial charge on any atom is -0.391 e. The normalized spacial score (nSPS) is 22.3. The van der Waals surface area contributed by atoms with E-state index in [0.717, 1.165) is 31.4 Å². The van der Waals surface area contributed by atoms with E-state index in [1.807, 2.05) is 37.1 Å². The van der Waals surface area contributed by atoms with E-state index in [4.69, 9.17) is 0 Å². The van der Waals surface area contributed by atoms with Crippen LogP contribution in [0, 0.1) is 13.8 Å². The van der Waals surface area contributed by atoms with Crippen LogP contribution in [0.2, 0.25) is 0 Å². The van der Waals surface area contributed by atoms with Gasteiger partial charge in [0.1, 0.15) is 0 Å². The van der Waals surface area contributed by atoms with Crippen molar-refractivity contribution < 1.29 is 9.90 Å². The van der Waals surface area contributed by atoms with Crippen molar-refractivity contribution in [2.45, 2.75) is 51.7 Å². The van der Waals surface area contributed by atoms with E-state index in [0.29, 0.717) is 6.54 Å². The lowest BCUT2D eigenvalue weighted by molar-refractivity contribution is -0.118. The number of benzene rings is 1. The first-order valence-electron chi connectivity index (χ1n) is 7.73. The lowest BCUT2D eigenvalue weighted by Gasteiger charge is -2.34. The largest absolute Gasteiger partial charge is 0.391 e. The molecule has 116 valence electrons. The number of aliphatic hydroxyl groups excluding tert-OH is 1. The molecule has 0 spiro atoms. The highest BCUT2D eigenvalue weighted by Crippen LogP contribution is 2.22. The lowest BCUT2D eigenvalue weighted by atomic mass is 9.91. The summed E-state index contributed by atoms with van der Waals surface area (Å²) in [6, 6.07) is 6.03. The number of aryl methyl sites for hydroxylation is 2. The second-order valence-corrected chi connectivity index (χ2v) is 6.18. The molecule has 2 N–H and O–H groups in total. The lowest BCUT2D eigenvalue weighted by Crippen LogP contribution is -2.46. The van der Waals surface area contributed by atoms with Gasteiger partial charge in [-0.05, 0) is 57.0 Å². The number of rotatable bonds is 4. The SMILES string of the molecule is Cc1ccc(NC(=O)CN(C)C2CCCCC2O)cc1C. The summed E-state index contributed by atoms with van der Waals surface area (Å²) in [5, 5.41) is 13.0. The van der Waals surface area contributed by atoms with Crippen LogP contribution >= 0.6 is 0 Å². The predicted octanol–water partition coefficient (Wildman–Crippen LogP) is 2.48. The Morgan fingerprint density at radius 1 is 1.29 bits per heavy atom. The van der Waals surface area contributed by atoms with Crippen molar-refractivity contribution in [2.75, 3.05) is 18.9 Å². The van der Waals surface area contributed by atoms with Gasteiger partial charge in [-0.2, -0.15) is 0 Å². The fourth-order valence-electron chi connectivity index (χ4n) is 2.97. The molecule has 1 aromatic carbocycles. The molecule has 2 unspecified atom stereocenters. The summed E-state index contributed by atoms with van der Waals surface area (Å²) in [7, 11) is 1.92. The first-order chi connectivity index (χ1) is 9.97. The summed E-state index contributed by atoms with van der Waals surface area (Å²) in [6.07, 6.45) is 3.71. The molecule has 0 aliphatic heterocycles. The average molecular weight is 290 g/mol. The van der Waals surface area contributed by atoms with Gasteiger partial charge in [-0.3, -0.25) is 9.69 Å². The number of anilines is 1. The zero-order valence-electron chi connectivity index (χ0n) is 13.2. The summed E-state index contributed by atoms with van der Waals surface area (Å²) in [6.45, 7) is 4.41. The number of nitrogens with one attached hydrogen (secondary N) is 1. The van der Waals surface area contributed by atoms with Crippen molar-refractivity contribution in [3.8, 4) is 0 Å². The maximum atomic E-state index is 12.1. The minimum atomic E-state index is -0.307. The third kappa shape index (κ3) is 4.29. The maximum absolute atomic E-state index is 12.1. The van der Waals surface area contributed by atoms with Crippen molar-refractivity contribution in [2.24, 2.45) is 0 Å². The average Bonchev–Trinajstić information content (AvgIpc) is 2.43. The molecular weight excluding hydrogens is 264 g/mol. The van der Waals surface area contributed by atoms with Crippen molar-refractivity contribution in [1.29, 1.82) is 0 Å². The molecule has 0 heterocycles. The van der Waals surface area contributed by atoms with Gasteiger partial charge in [-0.1, -0.05) is 18.9 Å². The van der Waals surface area contributed by atoms with Gasteiger partial charge >= 0.3 is 0 Å². The quantitative estimate of drug-likeness (QED) is 0.895. The van der Waals surface area contributed by atoms with Crippen LogP contribution in [0.1, 0.15) is 36.8 Å². The number of nitrogens with zero attached hydrogens (tertiary/aromatic N) is 1. The van der Waals surface area contributed by atoms with E-state index in [1.165, 1.54) is 11.1 Å². The molecule has 21 heavy (non-hydrogen) atoms. The number of hydrogen-bond donors (Lipinski definition) is 2. The van der Waals surface area contributed by atoms with Crippen molar-refractivity contribution in [1.82, 2.24) is 4.90 Å². The molecule has 0 radical (unpaired) electrons. The third-order valence-electron chi connectivity index (χ3n) is 4.44. The Kier molecular flexibility index (Phi) is 5.37. The molecule has 1 aliphatic rings. The summed E-state index contributed by atoms with van der Waals surface area (Å²) < 4.78 is 0. The molecule has 2 rings (SSSR count). The first-order valence-corrected chi connectivity index (χ1v) is 7.73. The monoisotopic (exact) mass is 290 g/mol. The van der Waals surface area contributed by atoms with Gasteiger partial charge in [0, 0.05) is 11.7 Å². The standard InChI is InChI=1S/C17H26N2O2/c1-12-8-9-14(10-13(12)2)18-17(21)11-19(3)15-6-4-5-7-16(15)20/h8-10,15-16,20H,4-7,11H2,1-3H3,(H,18,21). The van der Waals surface area contributed by atoms with Crippen LogP contribution in [0.5, 0.6) is 0 Å². The highest BCUT2D eigenvalue weighted by molar-refractivity contribution is 5.92. The molecule has 4 heteroatoms. The Bertz CT molecular complexity index is 502. The Balaban J connectivity index is 1.90. The Labute approximate surface area is 127 Å². The van der Waals surface area contributed by atoms with E-state index < -0.39 is 0 Å². The summed E-state index contributed by atoms with van der Waals surface area (Å²) in [5.41, 5.74) is 3.22. The van der Waals surface area contributed by atoms with E-state index in [1.54, 1.807) is 0 Å². The van der Waals surface area contributed by atoms with Crippen LogP contribution in [0.4, 0.5) is 5.69 Å². The smallest absolute Gasteiger partial charge is 0.238 e. The van der Waals surface area contributed by atoms with E-state index in [2.05, 4.69) is 12.2 Å². The highest BCUT2D eigenvalue weighted by Gasteiger charge is 2.27. The van der Waals surface area contributed by atoms with Crippen molar-refractivity contribution in [3.63, 3.8) is 0 Å². The molecule has 0 bridgehead atoms. The second-order valence-electron chi connectivity index (χ2n) is 6.18. The second kappa shape index (κ2) is 7.05. The fourth-order valence-corrected chi connectivity index (χ4v) is 2.97. The Hall–Kier alpha value is -1.39. The van der Waals surface area contributed by atoms with Crippen LogP contribution in [0.25, 0.3) is 0 Å². The number of carbonyl (C=O) groups is 1. The molecule has 1 aliphatic carbocycles. The van der Waals surface area contributed by atoms with Gasteiger partial charge in [-0.15, -0.1) is 0 Å². The molecular formula is C17H26N2O2. The van der Waals surface area contributed by atoms with Gasteiger partial charge in [-0.25, -0.2) is 0 Å². The zero-order valence-corrected chi connectivity index (χ0v) is 13.2. The Morgan fingerprint density at radius 2 is 2.00 bits per heavy atom. The number of amides is 1. The molecule has 1 saturated carbocycles. The predicted molar refractivity (Wildman–Crippen MR) is 85.4 cm³/mol. The van der Waals surface area contributed by atoms with E-state index in [9.17, 15) is 9.90 Å². The highest BCUT2D eigenvalue weighted by atomic mass is 16.3. The molecule has 4 nitrogen and oxygen atoms in total. The molecule has 2 atom stereocenters. The number of carbonyl (C=O) groups excluding carboxylic acids is 1. The van der Waals surface area contributed by atoms with Crippen LogP contribution in [0.3, 0.4) is 0 Å². The number of likely N-dealkylation sites (N-methyl/N-ethyl adjacent to an activating group) is 1. The van der Waals surface area contributed by atoms with Crippen molar-refractivity contribution in [3.05, 3.63) is 29.3 Å². The van der Waals surface area contributed by atoms with Crippen molar-refractivity contribution >= 4 is 11.6 Å². The van der Waals surface area contributed by atoms with Gasteiger partial charge in [0.2, 0.25) is 5.91 Å². The first kappa shape index (κ1) is 16.0. The summed E-state index contributed by atoms with van der Waals surface area (Å²) in [5.74, 6) is -0.0291. The third-order valence-corrected chi connectivity index (χ3v) is 4.44. The van der Waals surface area contributed by atoms with Crippen LogP contribution in [-0.2, 0) is 4.79 Å². The topological polar surface area (TPSA) is 52.6 Å². The number of hydrogen-bond acceptors (Lipinski definition) is 3. The van der Waals surface area contributed by atoms with Crippen LogP contribution in [-0.4, -0.2) is 41.7 Å². The van der Waals surface area contributed by atoms with E-state index >= 15 is 0 Å². The molecule has 1 fully saturated rings.